The molecule has 45 heavy (non-hydrogen) atoms. The van der Waals surface area contributed by atoms with Crippen molar-refractivity contribution in [1.29, 1.82) is 0 Å². The molecule has 0 aliphatic carbocycles. The van der Waals surface area contributed by atoms with Gasteiger partial charge in [0.25, 0.3) is 0 Å². The maximum Gasteiger partial charge on any atom is 0.315 e. The Balaban J connectivity index is 1.30. The van der Waals surface area contributed by atoms with Crippen molar-refractivity contribution in [2.75, 3.05) is 20.1 Å². The first-order valence-electron chi connectivity index (χ1n) is 15.5. The third kappa shape index (κ3) is 8.47. The summed E-state index contributed by atoms with van der Waals surface area (Å²) in [4.78, 5) is 14.7. The maximum absolute atomic E-state index is 12.5. The molecule has 4 atom stereocenters. The van der Waals surface area contributed by atoms with Gasteiger partial charge in [0.2, 0.25) is 0 Å². The lowest BCUT2D eigenvalue weighted by Gasteiger charge is -2.42. The van der Waals surface area contributed by atoms with Gasteiger partial charge < -0.3 is 30.1 Å². The van der Waals surface area contributed by atoms with Crippen molar-refractivity contribution in [3.05, 3.63) is 144 Å². The average Bonchev–Trinajstić information content (AvgIpc) is 3.08. The summed E-state index contributed by atoms with van der Waals surface area (Å²) in [7, 11) is 2.07. The first-order chi connectivity index (χ1) is 21.9. The number of carbonyl (C=O) groups excluding carboxylic acids is 1. The molecule has 0 bridgehead atoms. The molecule has 3 N–H and O–H groups in total. The van der Waals surface area contributed by atoms with E-state index in [1.807, 2.05) is 78.9 Å². The summed E-state index contributed by atoms with van der Waals surface area (Å²) >= 11 is 0. The van der Waals surface area contributed by atoms with E-state index in [1.54, 1.807) is 0 Å². The Bertz CT molecular complexity index is 1530. The topological polar surface area (TPSA) is 83.1 Å². The Morgan fingerprint density at radius 1 is 0.844 bits per heavy atom. The first kappa shape index (κ1) is 32.1. The smallest absolute Gasteiger partial charge is 0.315 e. The normalized spacial score (nSPS) is 19.6. The van der Waals surface area contributed by atoms with Gasteiger partial charge in [-0.05, 0) is 40.4 Å². The third-order valence-electron chi connectivity index (χ3n) is 8.30. The van der Waals surface area contributed by atoms with Gasteiger partial charge in [0, 0.05) is 37.7 Å². The third-order valence-corrected chi connectivity index (χ3v) is 8.30. The molecule has 5 rings (SSSR count). The molecule has 1 aliphatic heterocycles. The van der Waals surface area contributed by atoms with Crippen molar-refractivity contribution < 1.29 is 19.4 Å². The Morgan fingerprint density at radius 3 is 2.22 bits per heavy atom. The second-order valence-electron chi connectivity index (χ2n) is 11.6. The Labute approximate surface area is 266 Å². The Kier molecular flexibility index (Phi) is 11.2. The lowest BCUT2D eigenvalue weighted by molar-refractivity contribution is -0.275. The number of ether oxygens (including phenoxy) is 2. The molecule has 1 aliphatic rings. The SMILES string of the molecule is C=CCN(C)C[C@H]1O[C@@H](c2ccc(-c3ccccc3CNC(=O)NCc3ccccc3)cc2)O[C@@H](c2ccc(CO)cc2)[C@H]1C. The summed E-state index contributed by atoms with van der Waals surface area (Å²) in [5, 5.41) is 15.4. The molecule has 0 unspecified atom stereocenters. The summed E-state index contributed by atoms with van der Waals surface area (Å²) in [6.45, 7) is 8.45. The average molecular weight is 606 g/mol. The Hall–Kier alpha value is -4.27. The largest absolute Gasteiger partial charge is 0.392 e. The number of hydrogen-bond donors (Lipinski definition) is 3. The number of nitrogens with one attached hydrogen (secondary N) is 2. The van der Waals surface area contributed by atoms with Crippen LogP contribution in [0.3, 0.4) is 0 Å². The van der Waals surface area contributed by atoms with Crippen molar-refractivity contribution in [3.8, 4) is 11.1 Å². The molecule has 4 aromatic carbocycles. The van der Waals surface area contributed by atoms with E-state index >= 15 is 0 Å². The van der Waals surface area contributed by atoms with Crippen LogP contribution in [0.15, 0.2) is 116 Å². The van der Waals surface area contributed by atoms with Gasteiger partial charge in [0.1, 0.15) is 0 Å². The van der Waals surface area contributed by atoms with Crippen LogP contribution in [0.1, 0.15) is 47.1 Å². The van der Waals surface area contributed by atoms with Gasteiger partial charge in [-0.3, -0.25) is 0 Å². The van der Waals surface area contributed by atoms with Crippen LogP contribution in [-0.2, 0) is 29.2 Å². The van der Waals surface area contributed by atoms with Crippen molar-refractivity contribution in [2.45, 2.75) is 45.1 Å². The molecule has 0 saturated carbocycles. The summed E-state index contributed by atoms with van der Waals surface area (Å²) in [6, 6.07) is 34.0. The molecule has 1 fully saturated rings. The molecule has 0 radical (unpaired) electrons. The molecule has 1 saturated heterocycles. The van der Waals surface area contributed by atoms with E-state index in [0.717, 1.165) is 52.0 Å². The highest BCUT2D eigenvalue weighted by Gasteiger charge is 2.38. The zero-order chi connectivity index (χ0) is 31.6. The summed E-state index contributed by atoms with van der Waals surface area (Å²) in [6.07, 6.45) is 1.13. The fraction of sp³-hybridized carbons (Fsp3) is 0.289. The molecular formula is C38H43N3O4. The number of aliphatic hydroxyl groups excluding tert-OH is 1. The lowest BCUT2D eigenvalue weighted by Crippen LogP contribution is -2.43. The van der Waals surface area contributed by atoms with Crippen LogP contribution in [-0.4, -0.2) is 42.3 Å². The number of benzene rings is 4. The number of hydrogen-bond acceptors (Lipinski definition) is 5. The highest BCUT2D eigenvalue weighted by molar-refractivity contribution is 5.75. The van der Waals surface area contributed by atoms with Crippen molar-refractivity contribution in [1.82, 2.24) is 15.5 Å². The highest BCUT2D eigenvalue weighted by atomic mass is 16.7. The monoisotopic (exact) mass is 605 g/mol. The van der Waals surface area contributed by atoms with Crippen LogP contribution in [0.5, 0.6) is 0 Å². The van der Waals surface area contributed by atoms with Crippen LogP contribution < -0.4 is 10.6 Å². The van der Waals surface area contributed by atoms with Crippen molar-refractivity contribution >= 4 is 6.03 Å². The van der Waals surface area contributed by atoms with E-state index in [9.17, 15) is 9.90 Å². The fourth-order valence-electron chi connectivity index (χ4n) is 5.72. The van der Waals surface area contributed by atoms with E-state index < -0.39 is 6.29 Å². The molecule has 0 aromatic heterocycles. The van der Waals surface area contributed by atoms with Crippen LogP contribution in [0.4, 0.5) is 4.79 Å². The second kappa shape index (κ2) is 15.6. The van der Waals surface area contributed by atoms with E-state index in [-0.39, 0.29) is 30.8 Å². The van der Waals surface area contributed by atoms with Gasteiger partial charge in [-0.2, -0.15) is 0 Å². The number of amides is 2. The van der Waals surface area contributed by atoms with Gasteiger partial charge in [0.05, 0.1) is 18.8 Å². The van der Waals surface area contributed by atoms with Gasteiger partial charge in [-0.25, -0.2) is 4.79 Å². The number of carbonyl (C=O) groups is 1. The summed E-state index contributed by atoms with van der Waals surface area (Å²) in [5.74, 6) is 0.108. The zero-order valence-corrected chi connectivity index (χ0v) is 26.1. The van der Waals surface area contributed by atoms with Crippen molar-refractivity contribution in [3.63, 3.8) is 0 Å². The molecule has 4 aromatic rings. The quantitative estimate of drug-likeness (QED) is 0.156. The standard InChI is InChI=1S/C38H43N3O4/c1-4-22-41(3)25-35-27(2)36(31-16-14-29(26-42)15-17-31)45-37(44-35)32-20-18-30(19-21-32)34-13-9-8-12-33(34)24-40-38(43)39-23-28-10-6-5-7-11-28/h4-21,27,35-37,42H,1,22-26H2,2-3H3,(H2,39,40,43)/t27-,35+,36+,37+/m0/s1. The van der Waals surface area contributed by atoms with Gasteiger partial charge in [-0.1, -0.05) is 116 Å². The molecular weight excluding hydrogens is 562 g/mol. The number of aliphatic hydroxyl groups is 1. The first-order valence-corrected chi connectivity index (χ1v) is 15.5. The zero-order valence-electron chi connectivity index (χ0n) is 26.1. The van der Waals surface area contributed by atoms with E-state index in [1.165, 1.54) is 0 Å². The predicted molar refractivity (Wildman–Crippen MR) is 178 cm³/mol. The molecule has 1 heterocycles. The molecule has 0 spiro atoms. The molecule has 7 heteroatoms. The molecule has 234 valence electrons. The summed E-state index contributed by atoms with van der Waals surface area (Å²) in [5.41, 5.74) is 7.05. The maximum atomic E-state index is 12.5. The fourth-order valence-corrected chi connectivity index (χ4v) is 5.72. The van der Waals surface area contributed by atoms with Crippen LogP contribution in [0, 0.1) is 5.92 Å². The van der Waals surface area contributed by atoms with E-state index in [4.69, 9.17) is 9.47 Å². The van der Waals surface area contributed by atoms with Gasteiger partial charge >= 0.3 is 6.03 Å². The molecule has 7 nitrogen and oxygen atoms in total. The van der Waals surface area contributed by atoms with Crippen LogP contribution in [0.25, 0.3) is 11.1 Å². The Morgan fingerprint density at radius 2 is 1.51 bits per heavy atom. The van der Waals surface area contributed by atoms with E-state index in [2.05, 4.69) is 66.4 Å². The minimum atomic E-state index is -0.537. The van der Waals surface area contributed by atoms with Gasteiger partial charge in [-0.15, -0.1) is 6.58 Å². The minimum Gasteiger partial charge on any atom is -0.392 e. The number of likely N-dealkylation sites (N-methyl/N-ethyl adjacent to an activating group) is 1. The van der Waals surface area contributed by atoms with Crippen LogP contribution >= 0.6 is 0 Å². The number of nitrogens with zero attached hydrogens (tertiary/aromatic N) is 1. The van der Waals surface area contributed by atoms with Crippen LogP contribution in [0.2, 0.25) is 0 Å². The van der Waals surface area contributed by atoms with Gasteiger partial charge in [0.15, 0.2) is 6.29 Å². The highest BCUT2D eigenvalue weighted by Crippen LogP contribution is 2.42. The second-order valence-corrected chi connectivity index (χ2v) is 11.6. The minimum absolute atomic E-state index is 0.00899. The molecule has 2 amide bonds. The van der Waals surface area contributed by atoms with E-state index in [0.29, 0.717) is 13.1 Å². The number of rotatable bonds is 12. The predicted octanol–water partition coefficient (Wildman–Crippen LogP) is 6.75. The number of urea groups is 1. The lowest BCUT2D eigenvalue weighted by atomic mass is 9.90. The van der Waals surface area contributed by atoms with Crippen molar-refractivity contribution in [2.24, 2.45) is 5.92 Å². The summed E-state index contributed by atoms with van der Waals surface area (Å²) < 4.78 is 13.2.